The number of aryl methyl sites for hydroxylation is 2. The first-order valence-corrected chi connectivity index (χ1v) is 11.5. The first-order valence-electron chi connectivity index (χ1n) is 10.6. The lowest BCUT2D eigenvalue weighted by atomic mass is 9.92. The second-order valence-electron chi connectivity index (χ2n) is 8.59. The van der Waals surface area contributed by atoms with Crippen LogP contribution in [-0.4, -0.2) is 4.98 Å². The minimum atomic E-state index is 1.11. The number of fused-ring (bicyclic) bond motifs is 7. The van der Waals surface area contributed by atoms with E-state index in [1.54, 1.807) is 0 Å². The van der Waals surface area contributed by atoms with Gasteiger partial charge >= 0.3 is 0 Å². The van der Waals surface area contributed by atoms with Crippen molar-refractivity contribution in [3.8, 4) is 11.3 Å². The van der Waals surface area contributed by atoms with Gasteiger partial charge in [-0.2, -0.15) is 0 Å². The van der Waals surface area contributed by atoms with Crippen LogP contribution in [0.2, 0.25) is 0 Å². The molecule has 6 aromatic rings. The summed E-state index contributed by atoms with van der Waals surface area (Å²) in [5, 5.41) is 10.5. The molecule has 0 spiro atoms. The number of hydrogen-bond acceptors (Lipinski definition) is 2. The van der Waals surface area contributed by atoms with E-state index in [1.165, 1.54) is 69.6 Å². The van der Waals surface area contributed by atoms with Gasteiger partial charge in [-0.05, 0) is 81.4 Å². The fraction of sp³-hybridized carbons (Fsp3) is 0.0690. The predicted octanol–water partition coefficient (Wildman–Crippen LogP) is 8.44. The van der Waals surface area contributed by atoms with E-state index in [1.807, 2.05) is 18.0 Å². The minimum Gasteiger partial charge on any atom is -0.256 e. The van der Waals surface area contributed by atoms with Gasteiger partial charge in [-0.25, -0.2) is 0 Å². The average molecular weight is 414 g/mol. The summed E-state index contributed by atoms with van der Waals surface area (Å²) >= 11 is 1.88. The molecule has 2 heterocycles. The van der Waals surface area contributed by atoms with Crippen LogP contribution >= 0.6 is 11.8 Å². The van der Waals surface area contributed by atoms with Gasteiger partial charge in [0.2, 0.25) is 0 Å². The van der Waals surface area contributed by atoms with Crippen LogP contribution in [-0.2, 0) is 0 Å². The fourth-order valence-corrected chi connectivity index (χ4v) is 6.42. The number of hydrogen-bond donors (Lipinski definition) is 0. The molecule has 7 rings (SSSR count). The zero-order chi connectivity index (χ0) is 20.7. The third-order valence-electron chi connectivity index (χ3n) is 6.61. The Hall–Kier alpha value is -3.36. The highest BCUT2D eigenvalue weighted by Gasteiger charge is 2.23. The Bertz CT molecular complexity index is 1730. The van der Waals surface area contributed by atoms with Crippen LogP contribution in [0.15, 0.2) is 88.8 Å². The molecule has 0 atom stereocenters. The topological polar surface area (TPSA) is 12.9 Å². The molecule has 0 radical (unpaired) electrons. The molecule has 0 fully saturated rings. The third-order valence-corrected chi connectivity index (χ3v) is 7.71. The molecule has 1 aliphatic rings. The second-order valence-corrected chi connectivity index (χ2v) is 9.68. The minimum absolute atomic E-state index is 1.11. The van der Waals surface area contributed by atoms with Crippen molar-refractivity contribution in [3.63, 3.8) is 0 Å². The number of nitrogens with zero attached hydrogens (tertiary/aromatic N) is 1. The summed E-state index contributed by atoms with van der Waals surface area (Å²) in [6.07, 6.45) is 1.97. The molecular formula is C29H19NS. The molecule has 0 N–H and O–H groups in total. The van der Waals surface area contributed by atoms with Crippen molar-refractivity contribution in [3.05, 3.63) is 90.1 Å². The van der Waals surface area contributed by atoms with Crippen LogP contribution < -0.4 is 0 Å². The van der Waals surface area contributed by atoms with Gasteiger partial charge in [-0.1, -0.05) is 65.9 Å². The van der Waals surface area contributed by atoms with Crippen molar-refractivity contribution in [2.45, 2.75) is 23.6 Å². The molecule has 0 saturated heterocycles. The van der Waals surface area contributed by atoms with Gasteiger partial charge in [-0.3, -0.25) is 4.98 Å². The van der Waals surface area contributed by atoms with Crippen molar-refractivity contribution in [1.82, 2.24) is 4.98 Å². The summed E-state index contributed by atoms with van der Waals surface area (Å²) < 4.78 is 0. The second kappa shape index (κ2) is 6.09. The van der Waals surface area contributed by atoms with E-state index in [4.69, 9.17) is 4.98 Å². The van der Waals surface area contributed by atoms with E-state index >= 15 is 0 Å². The Kier molecular flexibility index (Phi) is 3.40. The molecule has 0 bridgehead atoms. The summed E-state index contributed by atoms with van der Waals surface area (Å²) in [7, 11) is 0. The summed E-state index contributed by atoms with van der Waals surface area (Å²) in [6, 6.07) is 27.0. The molecule has 0 unspecified atom stereocenters. The van der Waals surface area contributed by atoms with Gasteiger partial charge in [0.15, 0.2) is 0 Å². The number of aromatic nitrogens is 1. The van der Waals surface area contributed by atoms with E-state index in [2.05, 4.69) is 86.6 Å². The largest absolute Gasteiger partial charge is 0.256 e. The van der Waals surface area contributed by atoms with Crippen molar-refractivity contribution >= 4 is 54.9 Å². The van der Waals surface area contributed by atoms with Crippen LogP contribution in [0.1, 0.15) is 11.1 Å². The van der Waals surface area contributed by atoms with Gasteiger partial charge in [0.25, 0.3) is 0 Å². The normalized spacial score (nSPS) is 12.7. The predicted molar refractivity (Wildman–Crippen MR) is 133 cm³/mol. The maximum Gasteiger partial charge on any atom is 0.0803 e. The van der Waals surface area contributed by atoms with Crippen molar-refractivity contribution in [1.29, 1.82) is 0 Å². The SMILES string of the molecule is Cc1cc(C)c2ccc3c4ccnc5c4c(cc3c2c1)Sc1cc2ccccc2cc1-5. The van der Waals surface area contributed by atoms with E-state index in [9.17, 15) is 0 Å². The molecule has 0 aliphatic carbocycles. The zero-order valence-corrected chi connectivity index (χ0v) is 18.2. The number of pyridine rings is 1. The van der Waals surface area contributed by atoms with Crippen molar-refractivity contribution in [2.24, 2.45) is 0 Å². The number of rotatable bonds is 0. The van der Waals surface area contributed by atoms with Crippen LogP contribution in [0.4, 0.5) is 0 Å². The summed E-state index contributed by atoms with van der Waals surface area (Å²) in [4.78, 5) is 7.47. The lowest BCUT2D eigenvalue weighted by Crippen LogP contribution is -1.97. The van der Waals surface area contributed by atoms with Crippen LogP contribution in [0.3, 0.4) is 0 Å². The highest BCUT2D eigenvalue weighted by molar-refractivity contribution is 7.99. The van der Waals surface area contributed by atoms with Gasteiger partial charge in [0, 0.05) is 26.9 Å². The highest BCUT2D eigenvalue weighted by atomic mass is 32.2. The van der Waals surface area contributed by atoms with Gasteiger partial charge < -0.3 is 0 Å². The molecule has 0 amide bonds. The Balaban J connectivity index is 1.65. The summed E-state index contributed by atoms with van der Waals surface area (Å²) in [5.74, 6) is 0. The smallest absolute Gasteiger partial charge is 0.0803 e. The van der Waals surface area contributed by atoms with Crippen LogP contribution in [0.25, 0.3) is 54.3 Å². The summed E-state index contributed by atoms with van der Waals surface area (Å²) in [5.41, 5.74) is 5.00. The highest BCUT2D eigenvalue weighted by Crippen LogP contribution is 2.50. The third kappa shape index (κ3) is 2.37. The molecule has 31 heavy (non-hydrogen) atoms. The maximum atomic E-state index is 4.87. The average Bonchev–Trinajstić information content (AvgIpc) is 2.78. The van der Waals surface area contributed by atoms with Gasteiger partial charge in [-0.15, -0.1) is 0 Å². The van der Waals surface area contributed by atoms with Crippen LogP contribution in [0.5, 0.6) is 0 Å². The molecule has 5 aromatic carbocycles. The fourth-order valence-electron chi connectivity index (χ4n) is 5.25. The molecule has 1 aliphatic heterocycles. The van der Waals surface area contributed by atoms with E-state index in [0.29, 0.717) is 0 Å². The lowest BCUT2D eigenvalue weighted by Gasteiger charge is -2.22. The summed E-state index contributed by atoms with van der Waals surface area (Å²) in [6.45, 7) is 4.40. The van der Waals surface area contributed by atoms with Gasteiger partial charge in [0.05, 0.1) is 5.69 Å². The molecule has 0 saturated carbocycles. The number of benzene rings is 5. The van der Waals surface area contributed by atoms with Crippen LogP contribution in [0, 0.1) is 13.8 Å². The Morgan fingerprint density at radius 1 is 0.645 bits per heavy atom. The molecule has 146 valence electrons. The zero-order valence-electron chi connectivity index (χ0n) is 17.4. The van der Waals surface area contributed by atoms with E-state index < -0.39 is 0 Å². The monoisotopic (exact) mass is 413 g/mol. The standard InChI is InChI=1S/C29H19NS/c1-16-11-17(2)20-7-8-21-22-9-10-30-29-25-13-18-5-3-4-6-19(18)14-26(25)31-27(28(22)29)15-24(21)23(20)12-16/h3-15H,1-2H3. The quantitative estimate of drug-likeness (QED) is 0.231. The first kappa shape index (κ1) is 17.3. The Morgan fingerprint density at radius 2 is 1.42 bits per heavy atom. The Labute approximate surface area is 184 Å². The molecule has 1 nitrogen and oxygen atoms in total. The van der Waals surface area contributed by atoms with Crippen molar-refractivity contribution in [2.75, 3.05) is 0 Å². The van der Waals surface area contributed by atoms with Crippen molar-refractivity contribution < 1.29 is 0 Å². The van der Waals surface area contributed by atoms with E-state index in [0.717, 1.165) is 5.69 Å². The lowest BCUT2D eigenvalue weighted by molar-refractivity contribution is 1.30. The van der Waals surface area contributed by atoms with Gasteiger partial charge in [0.1, 0.15) is 0 Å². The Morgan fingerprint density at radius 3 is 2.29 bits per heavy atom. The van der Waals surface area contributed by atoms with E-state index in [-0.39, 0.29) is 0 Å². The maximum absolute atomic E-state index is 4.87. The molecule has 1 aromatic heterocycles. The molecular weight excluding hydrogens is 394 g/mol. The molecule has 2 heteroatoms. The first-order chi connectivity index (χ1) is 15.2.